The van der Waals surface area contributed by atoms with Gasteiger partial charge in [0.05, 0.1) is 5.41 Å². The number of amides is 1. The van der Waals surface area contributed by atoms with Crippen LogP contribution in [0.4, 0.5) is 0 Å². The van der Waals surface area contributed by atoms with Crippen LogP contribution in [0.3, 0.4) is 0 Å². The van der Waals surface area contributed by atoms with Crippen LogP contribution in [0.25, 0.3) is 0 Å². The number of aryl methyl sites for hydroxylation is 1. The lowest BCUT2D eigenvalue weighted by Crippen LogP contribution is -2.44. The fourth-order valence-corrected chi connectivity index (χ4v) is 6.19. The van der Waals surface area contributed by atoms with E-state index in [2.05, 4.69) is 19.9 Å². The molecule has 2 atom stereocenters. The van der Waals surface area contributed by atoms with Crippen molar-refractivity contribution in [3.8, 4) is 0 Å². The molecule has 4 fully saturated rings. The Labute approximate surface area is 173 Å². The molecular formula is C22H34N4O3. The van der Waals surface area contributed by atoms with E-state index in [1.165, 1.54) is 32.1 Å². The van der Waals surface area contributed by atoms with Crippen LogP contribution in [0.15, 0.2) is 4.52 Å². The summed E-state index contributed by atoms with van der Waals surface area (Å²) in [6.45, 7) is 7.06. The topological polar surface area (TPSA) is 71.7 Å². The Morgan fingerprint density at radius 2 is 1.90 bits per heavy atom. The van der Waals surface area contributed by atoms with Gasteiger partial charge >= 0.3 is 0 Å². The van der Waals surface area contributed by atoms with E-state index < -0.39 is 0 Å². The van der Waals surface area contributed by atoms with Crippen molar-refractivity contribution in [1.82, 2.24) is 19.9 Å². The van der Waals surface area contributed by atoms with Crippen molar-refractivity contribution >= 4 is 5.91 Å². The van der Waals surface area contributed by atoms with Crippen LogP contribution in [0, 0.1) is 18.8 Å². The van der Waals surface area contributed by atoms with Crippen LogP contribution in [0.2, 0.25) is 0 Å². The molecule has 0 aromatic carbocycles. The highest BCUT2D eigenvalue weighted by molar-refractivity contribution is 5.77. The summed E-state index contributed by atoms with van der Waals surface area (Å²) < 4.78 is 11.3. The molecule has 1 aromatic heterocycles. The first-order chi connectivity index (χ1) is 14.1. The van der Waals surface area contributed by atoms with Crippen molar-refractivity contribution < 1.29 is 14.1 Å². The third-order valence-electron chi connectivity index (χ3n) is 7.84. The normalized spacial score (nSPS) is 32.0. The monoisotopic (exact) mass is 402 g/mol. The lowest BCUT2D eigenvalue weighted by molar-refractivity contribution is -0.131. The van der Waals surface area contributed by atoms with Gasteiger partial charge in [0.2, 0.25) is 11.8 Å². The Bertz CT molecular complexity index is 725. The summed E-state index contributed by atoms with van der Waals surface area (Å²) in [5.74, 6) is 2.71. The van der Waals surface area contributed by atoms with Crippen molar-refractivity contribution in [1.29, 1.82) is 0 Å². The number of hydrogen-bond donors (Lipinski definition) is 0. The van der Waals surface area contributed by atoms with E-state index in [1.54, 1.807) is 0 Å². The summed E-state index contributed by atoms with van der Waals surface area (Å²) in [6, 6.07) is 0.571. The molecule has 1 aliphatic carbocycles. The van der Waals surface area contributed by atoms with Crippen LogP contribution in [0.5, 0.6) is 0 Å². The minimum absolute atomic E-state index is 0.207. The molecule has 4 aliphatic rings. The van der Waals surface area contributed by atoms with Crippen molar-refractivity contribution in [2.45, 2.75) is 69.7 Å². The maximum atomic E-state index is 13.1. The lowest BCUT2D eigenvalue weighted by atomic mass is 9.81. The zero-order valence-corrected chi connectivity index (χ0v) is 17.6. The summed E-state index contributed by atoms with van der Waals surface area (Å²) >= 11 is 0. The zero-order valence-electron chi connectivity index (χ0n) is 17.6. The molecule has 3 aliphatic heterocycles. The Balaban J connectivity index is 1.32. The van der Waals surface area contributed by atoms with Gasteiger partial charge in [-0.15, -0.1) is 0 Å². The summed E-state index contributed by atoms with van der Waals surface area (Å²) in [7, 11) is 0. The van der Waals surface area contributed by atoms with Gasteiger partial charge in [-0.1, -0.05) is 24.4 Å². The van der Waals surface area contributed by atoms with Gasteiger partial charge in [0, 0.05) is 57.8 Å². The fraction of sp³-hybridized carbons (Fsp3) is 0.864. The molecule has 0 bridgehead atoms. The van der Waals surface area contributed by atoms with Gasteiger partial charge in [0.15, 0.2) is 5.82 Å². The number of carbonyl (C=O) groups excluding carboxylic acids is 1. The molecular weight excluding hydrogens is 368 g/mol. The summed E-state index contributed by atoms with van der Waals surface area (Å²) in [5.41, 5.74) is -0.207. The number of nitrogens with zero attached hydrogens (tertiary/aromatic N) is 4. The van der Waals surface area contributed by atoms with Crippen molar-refractivity contribution in [2.75, 3.05) is 39.4 Å². The number of carbonyl (C=O) groups is 1. The van der Waals surface area contributed by atoms with Crippen molar-refractivity contribution in [3.63, 3.8) is 0 Å². The first-order valence-corrected chi connectivity index (χ1v) is 11.5. The Morgan fingerprint density at radius 1 is 1.10 bits per heavy atom. The van der Waals surface area contributed by atoms with Crippen LogP contribution >= 0.6 is 0 Å². The van der Waals surface area contributed by atoms with Crippen LogP contribution in [-0.4, -0.2) is 71.3 Å². The van der Waals surface area contributed by atoms with E-state index in [0.717, 1.165) is 64.5 Å². The second-order valence-electron chi connectivity index (χ2n) is 9.76. The van der Waals surface area contributed by atoms with Gasteiger partial charge in [-0.2, -0.15) is 4.98 Å². The molecule has 1 saturated carbocycles. The van der Waals surface area contributed by atoms with E-state index in [-0.39, 0.29) is 5.41 Å². The number of ether oxygens (including phenoxy) is 1. The van der Waals surface area contributed by atoms with Crippen molar-refractivity contribution in [2.24, 2.45) is 11.8 Å². The smallest absolute Gasteiger partial charge is 0.236 e. The first kappa shape index (κ1) is 19.5. The van der Waals surface area contributed by atoms with Crippen molar-refractivity contribution in [3.05, 3.63) is 11.7 Å². The Morgan fingerprint density at radius 3 is 2.62 bits per heavy atom. The average molecular weight is 403 g/mol. The predicted octanol–water partition coefficient (Wildman–Crippen LogP) is 2.54. The third kappa shape index (κ3) is 3.72. The molecule has 0 unspecified atom stereocenters. The Kier molecular flexibility index (Phi) is 5.37. The molecule has 0 N–H and O–H groups in total. The maximum absolute atomic E-state index is 13.1. The van der Waals surface area contributed by atoms with Gasteiger partial charge in [0.25, 0.3) is 0 Å². The molecule has 0 radical (unpaired) electrons. The molecule has 3 saturated heterocycles. The molecule has 1 amide bonds. The Hall–Kier alpha value is -1.47. The molecule has 160 valence electrons. The van der Waals surface area contributed by atoms with E-state index in [4.69, 9.17) is 9.26 Å². The van der Waals surface area contributed by atoms with Gasteiger partial charge in [0.1, 0.15) is 0 Å². The highest BCUT2D eigenvalue weighted by Crippen LogP contribution is 2.46. The molecule has 5 rings (SSSR count). The van der Waals surface area contributed by atoms with Gasteiger partial charge in [-0.05, 0) is 38.5 Å². The van der Waals surface area contributed by atoms with Gasteiger partial charge in [-0.3, -0.25) is 9.69 Å². The molecule has 4 heterocycles. The first-order valence-electron chi connectivity index (χ1n) is 11.5. The van der Waals surface area contributed by atoms with E-state index in [0.29, 0.717) is 29.6 Å². The highest BCUT2D eigenvalue weighted by atomic mass is 16.5. The minimum atomic E-state index is -0.207. The van der Waals surface area contributed by atoms with Crippen LogP contribution < -0.4 is 0 Å². The van der Waals surface area contributed by atoms with Gasteiger partial charge in [-0.25, -0.2) is 0 Å². The van der Waals surface area contributed by atoms with E-state index >= 15 is 0 Å². The van der Waals surface area contributed by atoms with E-state index in [9.17, 15) is 4.79 Å². The SMILES string of the molecule is Cc1noc([C@]23CN(C(=O)CC4CCCCC4)C[C@H]2CN(C2CCOCC2)C3)n1. The predicted molar refractivity (Wildman–Crippen MR) is 107 cm³/mol. The molecule has 0 spiro atoms. The second-order valence-corrected chi connectivity index (χ2v) is 9.76. The largest absolute Gasteiger partial charge is 0.381 e. The quantitative estimate of drug-likeness (QED) is 0.771. The second kappa shape index (κ2) is 7.99. The van der Waals surface area contributed by atoms with Crippen LogP contribution in [-0.2, 0) is 14.9 Å². The number of likely N-dealkylation sites (tertiary alicyclic amines) is 2. The molecule has 29 heavy (non-hydrogen) atoms. The molecule has 1 aromatic rings. The lowest BCUT2D eigenvalue weighted by Gasteiger charge is -2.33. The molecule has 7 heteroatoms. The number of fused-ring (bicyclic) bond motifs is 1. The fourth-order valence-electron chi connectivity index (χ4n) is 6.19. The highest BCUT2D eigenvalue weighted by Gasteiger charge is 2.58. The molecule has 7 nitrogen and oxygen atoms in total. The number of hydrogen-bond acceptors (Lipinski definition) is 6. The third-order valence-corrected chi connectivity index (χ3v) is 7.84. The number of aromatic nitrogens is 2. The maximum Gasteiger partial charge on any atom is 0.236 e. The standard InChI is InChI=1S/C22H34N4O3/c1-16-23-21(29-24-16)22-14-25(19-7-9-28-10-8-19)12-18(22)13-26(15-22)20(27)11-17-5-3-2-4-6-17/h17-19H,2-15H2,1H3/t18-,22-/m1/s1. The number of rotatable bonds is 4. The summed E-state index contributed by atoms with van der Waals surface area (Å²) in [4.78, 5) is 22.5. The van der Waals surface area contributed by atoms with E-state index in [1.807, 2.05) is 6.92 Å². The minimum Gasteiger partial charge on any atom is -0.381 e. The van der Waals surface area contributed by atoms with Gasteiger partial charge < -0.3 is 14.2 Å². The zero-order chi connectivity index (χ0) is 19.8. The van der Waals surface area contributed by atoms with Crippen LogP contribution in [0.1, 0.15) is 63.1 Å². The summed E-state index contributed by atoms with van der Waals surface area (Å²) in [5, 5.41) is 4.09. The summed E-state index contributed by atoms with van der Waals surface area (Å²) in [6.07, 6.45) is 9.24. The average Bonchev–Trinajstić information content (AvgIpc) is 3.42.